The summed E-state index contributed by atoms with van der Waals surface area (Å²) in [4.78, 5) is 2.49. The normalized spacial score (nSPS) is 19.1. The second-order valence-corrected chi connectivity index (χ2v) is 20.9. The fraction of sp³-hybridized carbons (Fsp3) is 0.200. The van der Waals surface area contributed by atoms with Crippen LogP contribution in [-0.4, -0.2) is 0 Å². The first-order valence-electron chi connectivity index (χ1n) is 24.3. The van der Waals surface area contributed by atoms with Gasteiger partial charge in [0.05, 0.1) is 0 Å². The van der Waals surface area contributed by atoms with E-state index in [2.05, 4.69) is 227 Å². The number of nitrogens with zero attached hydrogens (tertiary/aromatic N) is 1. The van der Waals surface area contributed by atoms with Gasteiger partial charge in [0.2, 0.25) is 0 Å². The predicted octanol–water partition coefficient (Wildman–Crippen LogP) is 17.8. The van der Waals surface area contributed by atoms with E-state index in [0.717, 1.165) is 17.5 Å². The van der Waals surface area contributed by atoms with Crippen molar-refractivity contribution in [2.75, 3.05) is 4.90 Å². The van der Waals surface area contributed by atoms with Crippen LogP contribution in [0.25, 0.3) is 66.4 Å². The zero-order valence-corrected chi connectivity index (χ0v) is 38.5. The summed E-state index contributed by atoms with van der Waals surface area (Å²) < 4.78 is 0. The Morgan fingerprint density at radius 2 is 0.939 bits per heavy atom. The molecule has 1 heteroatoms. The molecule has 9 aromatic rings. The molecule has 0 amide bonds. The van der Waals surface area contributed by atoms with Crippen LogP contribution in [0.2, 0.25) is 0 Å². The molecule has 0 heterocycles. The van der Waals surface area contributed by atoms with Gasteiger partial charge in [-0.3, -0.25) is 0 Å². The molecule has 9 aromatic carbocycles. The lowest BCUT2D eigenvalue weighted by Crippen LogP contribution is -2.18. The second kappa shape index (κ2) is 14.8. The van der Waals surface area contributed by atoms with Gasteiger partial charge >= 0.3 is 0 Å². The Morgan fingerprint density at radius 3 is 1.65 bits per heavy atom. The Labute approximate surface area is 390 Å². The van der Waals surface area contributed by atoms with Crippen molar-refractivity contribution in [3.8, 4) is 55.6 Å². The van der Waals surface area contributed by atoms with Crippen molar-refractivity contribution in [1.29, 1.82) is 0 Å². The van der Waals surface area contributed by atoms with Gasteiger partial charge in [0.1, 0.15) is 0 Å². The molecule has 0 radical (unpaired) electrons. The van der Waals surface area contributed by atoms with Crippen LogP contribution in [0.4, 0.5) is 17.1 Å². The van der Waals surface area contributed by atoms with E-state index >= 15 is 0 Å². The van der Waals surface area contributed by atoms with Crippen LogP contribution >= 0.6 is 0 Å². The van der Waals surface area contributed by atoms with Gasteiger partial charge in [-0.25, -0.2) is 0 Å². The first-order valence-corrected chi connectivity index (χ1v) is 24.3. The fourth-order valence-electron chi connectivity index (χ4n) is 13.2. The highest BCUT2D eigenvalue weighted by molar-refractivity contribution is 5.97. The maximum Gasteiger partial charge on any atom is 0.0465 e. The van der Waals surface area contributed by atoms with E-state index in [-0.39, 0.29) is 10.8 Å². The van der Waals surface area contributed by atoms with Gasteiger partial charge in [0.15, 0.2) is 0 Å². The summed E-state index contributed by atoms with van der Waals surface area (Å²) in [6, 6.07) is 73.7. The van der Waals surface area contributed by atoms with Crippen LogP contribution < -0.4 is 4.90 Å². The highest BCUT2D eigenvalue weighted by Crippen LogP contribution is 2.56. The van der Waals surface area contributed by atoms with Crippen molar-refractivity contribution in [2.45, 2.75) is 70.1 Å². The van der Waals surface area contributed by atoms with Gasteiger partial charge in [0, 0.05) is 27.9 Å². The largest absolute Gasteiger partial charge is 0.310 e. The number of hydrogen-bond donors (Lipinski definition) is 0. The SMILES string of the molecule is CC1(C)c2ccccc2-c2ccc(-c3cccc4c3C(C)(C)c3cc(N(c5ccc(-c6cc7ccccc7cc6-c6ccccc6)cc5)c5ccc(C6CC7CCC6C7)cc5)ccc3-4)cc21. The zero-order valence-electron chi connectivity index (χ0n) is 38.5. The van der Waals surface area contributed by atoms with Gasteiger partial charge in [-0.05, 0) is 186 Å². The number of rotatable bonds is 7. The van der Waals surface area contributed by atoms with Crippen molar-refractivity contribution < 1.29 is 0 Å². The maximum absolute atomic E-state index is 2.50. The van der Waals surface area contributed by atoms with E-state index in [0.29, 0.717) is 5.92 Å². The first-order chi connectivity index (χ1) is 32.2. The third kappa shape index (κ3) is 6.05. The number of anilines is 3. The Hall–Kier alpha value is -6.96. The molecule has 0 spiro atoms. The van der Waals surface area contributed by atoms with Crippen molar-refractivity contribution >= 4 is 27.8 Å². The summed E-state index contributed by atoms with van der Waals surface area (Å²) in [5, 5.41) is 2.51. The lowest BCUT2D eigenvalue weighted by molar-refractivity contribution is 0.420. The lowest BCUT2D eigenvalue weighted by Gasteiger charge is -2.29. The molecule has 2 fully saturated rings. The van der Waals surface area contributed by atoms with Gasteiger partial charge in [-0.1, -0.05) is 174 Å². The third-order valence-electron chi connectivity index (χ3n) is 16.5. The topological polar surface area (TPSA) is 3.24 Å². The molecule has 3 unspecified atom stereocenters. The molecule has 0 aliphatic heterocycles. The number of benzene rings is 9. The molecule has 4 aliphatic carbocycles. The highest BCUT2D eigenvalue weighted by atomic mass is 15.1. The fourth-order valence-corrected chi connectivity index (χ4v) is 13.2. The van der Waals surface area contributed by atoms with Gasteiger partial charge < -0.3 is 4.90 Å². The Kier molecular flexibility index (Phi) is 8.82. The van der Waals surface area contributed by atoms with Crippen LogP contribution in [0.5, 0.6) is 0 Å². The molecule has 2 bridgehead atoms. The molecule has 0 N–H and O–H groups in total. The maximum atomic E-state index is 2.50. The minimum absolute atomic E-state index is 0.0521. The quantitative estimate of drug-likeness (QED) is 0.154. The zero-order chi connectivity index (χ0) is 44.3. The van der Waals surface area contributed by atoms with Crippen molar-refractivity contribution in [3.05, 3.63) is 222 Å². The molecule has 2 saturated carbocycles. The van der Waals surface area contributed by atoms with E-state index in [1.54, 1.807) is 0 Å². The number of fused-ring (bicyclic) bond motifs is 9. The molecule has 1 nitrogen and oxygen atoms in total. The van der Waals surface area contributed by atoms with E-state index < -0.39 is 0 Å². The van der Waals surface area contributed by atoms with E-state index in [9.17, 15) is 0 Å². The van der Waals surface area contributed by atoms with Crippen molar-refractivity contribution in [3.63, 3.8) is 0 Å². The van der Waals surface area contributed by atoms with Gasteiger partial charge in [-0.15, -0.1) is 0 Å². The van der Waals surface area contributed by atoms with Crippen LogP contribution in [-0.2, 0) is 10.8 Å². The minimum atomic E-state index is -0.222. The Morgan fingerprint density at radius 1 is 0.379 bits per heavy atom. The smallest absolute Gasteiger partial charge is 0.0465 e. The second-order valence-electron chi connectivity index (χ2n) is 20.9. The molecule has 66 heavy (non-hydrogen) atoms. The molecule has 3 atom stereocenters. The molecule has 0 aromatic heterocycles. The predicted molar refractivity (Wildman–Crippen MR) is 278 cm³/mol. The van der Waals surface area contributed by atoms with Crippen LogP contribution in [0.1, 0.15) is 87.1 Å². The van der Waals surface area contributed by atoms with Crippen LogP contribution in [0, 0.1) is 11.8 Å². The van der Waals surface area contributed by atoms with E-state index in [4.69, 9.17) is 0 Å². The molecular formula is C65H55N. The van der Waals surface area contributed by atoms with E-state index in [1.165, 1.54) is 131 Å². The standard InChI is InChI=1S/C65H55N/c1-64(2)60-20-11-10-17-53(60)54-33-27-48(39-61(54)64)52-18-12-19-56-55-34-32-51(40-62(55)65(3,4)63(52)56)66(49-28-23-43(24-29-49)57-36-41-21-22-47(57)35-41)50-30-25-44(26-31-50)59-38-46-16-9-8-15-45(46)37-58(59)42-13-6-5-7-14-42/h5-20,23-34,37-41,47,57H,21-22,35-36H2,1-4H3. The first kappa shape index (κ1) is 39.4. The van der Waals surface area contributed by atoms with Gasteiger partial charge in [0.25, 0.3) is 0 Å². The molecule has 320 valence electrons. The average molecular weight is 850 g/mol. The lowest BCUT2D eigenvalue weighted by atomic mass is 9.77. The highest BCUT2D eigenvalue weighted by Gasteiger charge is 2.41. The van der Waals surface area contributed by atoms with E-state index in [1.807, 2.05) is 0 Å². The molecular weight excluding hydrogens is 795 g/mol. The molecule has 13 rings (SSSR count). The van der Waals surface area contributed by atoms with Crippen molar-refractivity contribution in [1.82, 2.24) is 0 Å². The van der Waals surface area contributed by atoms with Crippen molar-refractivity contribution in [2.24, 2.45) is 11.8 Å². The average Bonchev–Trinajstić information content (AvgIpc) is 4.11. The summed E-state index contributed by atoms with van der Waals surface area (Å²) in [7, 11) is 0. The molecule has 4 aliphatic rings. The molecule has 0 saturated heterocycles. The number of hydrogen-bond acceptors (Lipinski definition) is 1. The third-order valence-corrected chi connectivity index (χ3v) is 16.5. The monoisotopic (exact) mass is 849 g/mol. The van der Waals surface area contributed by atoms with Crippen LogP contribution in [0.15, 0.2) is 194 Å². The Balaban J connectivity index is 0.909. The minimum Gasteiger partial charge on any atom is -0.310 e. The summed E-state index contributed by atoms with van der Waals surface area (Å²) in [6.45, 7) is 9.65. The summed E-state index contributed by atoms with van der Waals surface area (Å²) >= 11 is 0. The van der Waals surface area contributed by atoms with Crippen LogP contribution in [0.3, 0.4) is 0 Å². The van der Waals surface area contributed by atoms with Gasteiger partial charge in [-0.2, -0.15) is 0 Å². The summed E-state index contributed by atoms with van der Waals surface area (Å²) in [5.41, 5.74) is 23.4. The summed E-state index contributed by atoms with van der Waals surface area (Å²) in [5.74, 6) is 2.48. The Bertz CT molecular complexity index is 3370. The summed E-state index contributed by atoms with van der Waals surface area (Å²) in [6.07, 6.45) is 5.60.